The van der Waals surface area contributed by atoms with Gasteiger partial charge >= 0.3 is 6.09 Å². The molecule has 5 nitrogen and oxygen atoms in total. The third kappa shape index (κ3) is 2.52. The Morgan fingerprint density at radius 1 is 1.13 bits per heavy atom. The zero-order valence-electron chi connectivity index (χ0n) is 13.2. The zero-order chi connectivity index (χ0) is 15.8. The minimum Gasteiger partial charge on any atom is -0.447 e. The minimum atomic E-state index is -0.235. The normalized spacial score (nSPS) is 17.2. The molecule has 4 rings (SSSR count). The molecule has 0 saturated carbocycles. The summed E-state index contributed by atoms with van der Waals surface area (Å²) in [5.74, 6) is 1.02. The SMILES string of the molecule is Cc1cccc(N2CCc3c(cccc3N3CCOC3=O)C2)n1. The first-order chi connectivity index (χ1) is 11.2. The van der Waals surface area contributed by atoms with E-state index in [9.17, 15) is 4.79 Å². The van der Waals surface area contributed by atoms with E-state index in [4.69, 9.17) is 4.74 Å². The fraction of sp³-hybridized carbons (Fsp3) is 0.333. The second-order valence-electron chi connectivity index (χ2n) is 5.99. The number of benzene rings is 1. The number of anilines is 2. The summed E-state index contributed by atoms with van der Waals surface area (Å²) >= 11 is 0. The van der Waals surface area contributed by atoms with Crippen LogP contribution in [0.25, 0.3) is 0 Å². The predicted molar refractivity (Wildman–Crippen MR) is 88.9 cm³/mol. The van der Waals surface area contributed by atoms with Crippen LogP contribution in [0, 0.1) is 6.92 Å². The van der Waals surface area contributed by atoms with Crippen molar-refractivity contribution in [3.8, 4) is 0 Å². The van der Waals surface area contributed by atoms with Gasteiger partial charge in [0.25, 0.3) is 0 Å². The maximum Gasteiger partial charge on any atom is 0.414 e. The van der Waals surface area contributed by atoms with E-state index in [0.29, 0.717) is 13.2 Å². The number of carbonyl (C=O) groups excluding carboxylic acids is 1. The summed E-state index contributed by atoms with van der Waals surface area (Å²) in [6.07, 6.45) is 0.673. The molecule has 1 aromatic heterocycles. The molecule has 0 atom stereocenters. The molecule has 2 aromatic rings. The lowest BCUT2D eigenvalue weighted by molar-refractivity contribution is 0.181. The minimum absolute atomic E-state index is 0.235. The van der Waals surface area contributed by atoms with Gasteiger partial charge in [-0.15, -0.1) is 0 Å². The number of rotatable bonds is 2. The molecule has 23 heavy (non-hydrogen) atoms. The lowest BCUT2D eigenvalue weighted by Crippen LogP contribution is -2.33. The van der Waals surface area contributed by atoms with Gasteiger partial charge in [0.05, 0.1) is 12.2 Å². The number of nitrogens with zero attached hydrogens (tertiary/aromatic N) is 3. The summed E-state index contributed by atoms with van der Waals surface area (Å²) in [6, 6.07) is 12.3. The van der Waals surface area contributed by atoms with Gasteiger partial charge in [-0.05, 0) is 42.7 Å². The number of aryl methyl sites for hydroxylation is 1. The topological polar surface area (TPSA) is 45.7 Å². The lowest BCUT2D eigenvalue weighted by atomic mass is 9.97. The number of ether oxygens (including phenoxy) is 1. The van der Waals surface area contributed by atoms with Gasteiger partial charge in [0, 0.05) is 18.8 Å². The second-order valence-corrected chi connectivity index (χ2v) is 5.99. The van der Waals surface area contributed by atoms with Crippen LogP contribution in [0.3, 0.4) is 0 Å². The van der Waals surface area contributed by atoms with Crippen molar-refractivity contribution in [2.45, 2.75) is 19.9 Å². The molecule has 0 N–H and O–H groups in total. The number of pyridine rings is 1. The van der Waals surface area contributed by atoms with Crippen molar-refractivity contribution in [1.82, 2.24) is 4.98 Å². The first kappa shape index (κ1) is 14.1. The molecule has 0 bridgehead atoms. The zero-order valence-corrected chi connectivity index (χ0v) is 13.2. The van der Waals surface area contributed by atoms with E-state index in [1.165, 1.54) is 11.1 Å². The Balaban J connectivity index is 1.65. The lowest BCUT2D eigenvalue weighted by Gasteiger charge is -2.32. The summed E-state index contributed by atoms with van der Waals surface area (Å²) in [6.45, 7) is 4.85. The van der Waals surface area contributed by atoms with Gasteiger partial charge in [-0.1, -0.05) is 18.2 Å². The monoisotopic (exact) mass is 309 g/mol. The van der Waals surface area contributed by atoms with Crippen LogP contribution in [0.4, 0.5) is 16.3 Å². The fourth-order valence-corrected chi connectivity index (χ4v) is 3.35. The van der Waals surface area contributed by atoms with E-state index < -0.39 is 0 Å². The van der Waals surface area contributed by atoms with Gasteiger partial charge < -0.3 is 9.64 Å². The van der Waals surface area contributed by atoms with Gasteiger partial charge in [0.15, 0.2) is 0 Å². The van der Waals surface area contributed by atoms with Crippen molar-refractivity contribution in [3.63, 3.8) is 0 Å². The molecule has 0 unspecified atom stereocenters. The Morgan fingerprint density at radius 3 is 2.78 bits per heavy atom. The number of hydrogen-bond donors (Lipinski definition) is 0. The number of hydrogen-bond acceptors (Lipinski definition) is 4. The molecule has 2 aliphatic rings. The molecule has 5 heteroatoms. The Bertz CT molecular complexity index is 760. The predicted octanol–water partition coefficient (Wildman–Crippen LogP) is 2.91. The van der Waals surface area contributed by atoms with Gasteiger partial charge in [-0.3, -0.25) is 4.90 Å². The van der Waals surface area contributed by atoms with Crippen LogP contribution in [0.5, 0.6) is 0 Å². The Kier molecular flexibility index (Phi) is 3.41. The summed E-state index contributed by atoms with van der Waals surface area (Å²) in [5, 5.41) is 0. The van der Waals surface area contributed by atoms with Gasteiger partial charge in [0.2, 0.25) is 0 Å². The first-order valence-electron chi connectivity index (χ1n) is 7.96. The van der Waals surface area contributed by atoms with Crippen LogP contribution in [-0.4, -0.2) is 30.8 Å². The second kappa shape index (κ2) is 5.57. The third-order valence-corrected chi connectivity index (χ3v) is 4.49. The van der Waals surface area contributed by atoms with Crippen LogP contribution in [-0.2, 0) is 17.7 Å². The summed E-state index contributed by atoms with van der Waals surface area (Å²) in [4.78, 5) is 20.5. The van der Waals surface area contributed by atoms with Crippen molar-refractivity contribution in [2.24, 2.45) is 0 Å². The largest absolute Gasteiger partial charge is 0.447 e. The van der Waals surface area contributed by atoms with Crippen molar-refractivity contribution in [1.29, 1.82) is 0 Å². The number of cyclic esters (lactones) is 1. The maximum absolute atomic E-state index is 11.9. The molecule has 2 aliphatic heterocycles. The first-order valence-corrected chi connectivity index (χ1v) is 7.96. The molecule has 1 aromatic carbocycles. The average Bonchev–Trinajstić information content (AvgIpc) is 2.99. The van der Waals surface area contributed by atoms with Crippen molar-refractivity contribution in [3.05, 3.63) is 53.2 Å². The van der Waals surface area contributed by atoms with Crippen LogP contribution < -0.4 is 9.80 Å². The Labute approximate surface area is 135 Å². The van der Waals surface area contributed by atoms with Crippen molar-refractivity contribution >= 4 is 17.6 Å². The van der Waals surface area contributed by atoms with Gasteiger partial charge in [-0.2, -0.15) is 0 Å². The van der Waals surface area contributed by atoms with Crippen molar-refractivity contribution in [2.75, 3.05) is 29.5 Å². The van der Waals surface area contributed by atoms with E-state index in [2.05, 4.69) is 22.0 Å². The molecule has 0 aliphatic carbocycles. The molecule has 0 radical (unpaired) electrons. The number of carbonyl (C=O) groups is 1. The standard InChI is InChI=1S/C18H19N3O2/c1-13-4-2-7-17(19-13)20-9-8-15-14(12-20)5-3-6-16(15)21-10-11-23-18(21)22/h2-7H,8-12H2,1H3. The highest BCUT2D eigenvalue weighted by atomic mass is 16.6. The van der Waals surface area contributed by atoms with Crippen LogP contribution in [0.2, 0.25) is 0 Å². The molecule has 1 fully saturated rings. The molecule has 118 valence electrons. The molecular formula is C18H19N3O2. The van der Waals surface area contributed by atoms with E-state index in [1.54, 1.807) is 4.90 Å². The van der Waals surface area contributed by atoms with Crippen molar-refractivity contribution < 1.29 is 9.53 Å². The van der Waals surface area contributed by atoms with Crippen LogP contribution in [0.1, 0.15) is 16.8 Å². The summed E-state index contributed by atoms with van der Waals surface area (Å²) in [5.41, 5.74) is 4.55. The Hall–Kier alpha value is -2.56. The van der Waals surface area contributed by atoms with Gasteiger partial charge in [-0.25, -0.2) is 9.78 Å². The number of amides is 1. The highest BCUT2D eigenvalue weighted by molar-refractivity contribution is 5.90. The maximum atomic E-state index is 11.9. The van der Waals surface area contributed by atoms with Gasteiger partial charge in [0.1, 0.15) is 12.4 Å². The average molecular weight is 309 g/mol. The quantitative estimate of drug-likeness (QED) is 0.856. The third-order valence-electron chi connectivity index (χ3n) is 4.49. The molecule has 0 spiro atoms. The van der Waals surface area contributed by atoms with Crippen LogP contribution >= 0.6 is 0 Å². The smallest absolute Gasteiger partial charge is 0.414 e. The molecule has 3 heterocycles. The molecule has 1 amide bonds. The summed E-state index contributed by atoms with van der Waals surface area (Å²) in [7, 11) is 0. The number of fused-ring (bicyclic) bond motifs is 1. The van der Waals surface area contributed by atoms with E-state index in [0.717, 1.165) is 36.7 Å². The van der Waals surface area contributed by atoms with E-state index >= 15 is 0 Å². The van der Waals surface area contributed by atoms with E-state index in [1.807, 2.05) is 31.2 Å². The number of aromatic nitrogens is 1. The highest BCUT2D eigenvalue weighted by Crippen LogP contribution is 2.32. The van der Waals surface area contributed by atoms with Crippen LogP contribution in [0.15, 0.2) is 36.4 Å². The van der Waals surface area contributed by atoms with E-state index in [-0.39, 0.29) is 6.09 Å². The Morgan fingerprint density at radius 2 is 2.00 bits per heavy atom. The molecular weight excluding hydrogens is 290 g/mol. The highest BCUT2D eigenvalue weighted by Gasteiger charge is 2.28. The fourth-order valence-electron chi connectivity index (χ4n) is 3.35. The molecule has 1 saturated heterocycles. The summed E-state index contributed by atoms with van der Waals surface area (Å²) < 4.78 is 5.08.